The Labute approximate surface area is 101 Å². The van der Waals surface area contributed by atoms with Crippen molar-refractivity contribution < 1.29 is 9.53 Å². The number of ether oxygens (including phenoxy) is 1. The maximum absolute atomic E-state index is 11.5. The number of halogens is 1. The smallest absolute Gasteiger partial charge is 0.224 e. The minimum absolute atomic E-state index is 0.0408. The lowest BCUT2D eigenvalue weighted by Crippen LogP contribution is -2.29. The number of alkyl halides is 1. The van der Waals surface area contributed by atoms with Crippen LogP contribution in [0.25, 0.3) is 0 Å². The van der Waals surface area contributed by atoms with E-state index in [1.807, 2.05) is 24.3 Å². The van der Waals surface area contributed by atoms with Crippen LogP contribution in [0.3, 0.4) is 0 Å². The molecule has 0 fully saturated rings. The molecule has 0 bridgehead atoms. The van der Waals surface area contributed by atoms with Crippen LogP contribution in [0.5, 0.6) is 5.75 Å². The number of methoxy groups -OCH3 is 1. The van der Waals surface area contributed by atoms with Crippen molar-refractivity contribution in [3.63, 3.8) is 0 Å². The highest BCUT2D eigenvalue weighted by Gasteiger charge is 2.11. The summed E-state index contributed by atoms with van der Waals surface area (Å²) in [5, 5.41) is 2.82. The summed E-state index contributed by atoms with van der Waals surface area (Å²) in [6, 6.07) is 7.59. The number of para-hydroxylation sites is 1. The van der Waals surface area contributed by atoms with Crippen molar-refractivity contribution in [2.45, 2.75) is 13.5 Å². The highest BCUT2D eigenvalue weighted by Crippen LogP contribution is 2.16. The maximum Gasteiger partial charge on any atom is 0.224 e. The van der Waals surface area contributed by atoms with Gasteiger partial charge < -0.3 is 10.1 Å². The van der Waals surface area contributed by atoms with E-state index in [0.29, 0.717) is 12.4 Å². The van der Waals surface area contributed by atoms with Gasteiger partial charge in [-0.3, -0.25) is 4.79 Å². The van der Waals surface area contributed by atoms with Gasteiger partial charge in [-0.25, -0.2) is 0 Å². The molecule has 1 amide bonds. The molecule has 0 aliphatic rings. The third-order valence-electron chi connectivity index (χ3n) is 2.32. The molecule has 0 heterocycles. The molecular weight excluding hydrogens is 226 g/mol. The largest absolute Gasteiger partial charge is 0.496 e. The van der Waals surface area contributed by atoms with Gasteiger partial charge in [0.2, 0.25) is 5.91 Å². The van der Waals surface area contributed by atoms with Crippen LogP contribution >= 0.6 is 11.6 Å². The third kappa shape index (κ3) is 3.42. The van der Waals surface area contributed by atoms with Crippen molar-refractivity contribution in [2.75, 3.05) is 13.0 Å². The van der Waals surface area contributed by atoms with Crippen LogP contribution < -0.4 is 10.1 Å². The fourth-order valence-electron chi connectivity index (χ4n) is 1.28. The van der Waals surface area contributed by atoms with Gasteiger partial charge in [0.15, 0.2) is 0 Å². The van der Waals surface area contributed by atoms with E-state index in [2.05, 4.69) is 5.32 Å². The Kier molecular flexibility index (Phi) is 5.12. The first-order chi connectivity index (χ1) is 7.69. The van der Waals surface area contributed by atoms with E-state index in [-0.39, 0.29) is 11.8 Å². The summed E-state index contributed by atoms with van der Waals surface area (Å²) >= 11 is 5.60. The monoisotopic (exact) mass is 241 g/mol. The van der Waals surface area contributed by atoms with E-state index in [9.17, 15) is 4.79 Å². The molecule has 3 nitrogen and oxygen atoms in total. The van der Waals surface area contributed by atoms with Gasteiger partial charge in [0.1, 0.15) is 5.75 Å². The Balaban J connectivity index is 2.57. The zero-order valence-corrected chi connectivity index (χ0v) is 10.3. The van der Waals surface area contributed by atoms with Crippen molar-refractivity contribution in [1.82, 2.24) is 5.32 Å². The van der Waals surface area contributed by atoms with Gasteiger partial charge in [-0.15, -0.1) is 11.6 Å². The average Bonchev–Trinajstić information content (AvgIpc) is 2.35. The maximum atomic E-state index is 11.5. The molecule has 1 rings (SSSR count). The summed E-state index contributed by atoms with van der Waals surface area (Å²) in [5.74, 6) is 0.899. The van der Waals surface area contributed by atoms with Crippen LogP contribution in [0, 0.1) is 5.92 Å². The Hall–Kier alpha value is -1.22. The lowest BCUT2D eigenvalue weighted by molar-refractivity contribution is -0.124. The Morgan fingerprint density at radius 3 is 2.81 bits per heavy atom. The standard InChI is InChI=1S/C12H16ClNO2/c1-9(7-13)12(15)14-8-10-5-3-4-6-11(10)16-2/h3-6,9H,7-8H2,1-2H3,(H,14,15). The first kappa shape index (κ1) is 12.8. The fraction of sp³-hybridized carbons (Fsp3) is 0.417. The number of nitrogens with one attached hydrogen (secondary N) is 1. The van der Waals surface area contributed by atoms with Gasteiger partial charge in [-0.05, 0) is 6.07 Å². The van der Waals surface area contributed by atoms with Crippen molar-refractivity contribution >= 4 is 17.5 Å². The molecule has 88 valence electrons. The summed E-state index contributed by atoms with van der Waals surface area (Å²) in [5.41, 5.74) is 0.958. The molecule has 0 radical (unpaired) electrons. The van der Waals surface area contributed by atoms with E-state index >= 15 is 0 Å². The van der Waals surface area contributed by atoms with E-state index in [1.165, 1.54) is 0 Å². The van der Waals surface area contributed by atoms with Crippen LogP contribution in [0.1, 0.15) is 12.5 Å². The van der Waals surface area contributed by atoms with Crippen LogP contribution in [-0.4, -0.2) is 18.9 Å². The van der Waals surface area contributed by atoms with Gasteiger partial charge in [-0.2, -0.15) is 0 Å². The van der Waals surface area contributed by atoms with Crippen molar-refractivity contribution in [3.8, 4) is 5.75 Å². The fourth-order valence-corrected chi connectivity index (χ4v) is 1.42. The molecule has 1 aromatic carbocycles. The molecule has 0 saturated heterocycles. The normalized spacial score (nSPS) is 11.9. The molecule has 0 aliphatic carbocycles. The summed E-state index contributed by atoms with van der Waals surface area (Å²) in [7, 11) is 1.61. The van der Waals surface area contributed by atoms with Gasteiger partial charge >= 0.3 is 0 Å². The number of hydrogen-bond acceptors (Lipinski definition) is 2. The molecule has 4 heteroatoms. The first-order valence-electron chi connectivity index (χ1n) is 5.14. The highest BCUT2D eigenvalue weighted by molar-refractivity contribution is 6.19. The van der Waals surface area contributed by atoms with Crippen LogP contribution in [0.4, 0.5) is 0 Å². The number of hydrogen-bond donors (Lipinski definition) is 1. The predicted molar refractivity (Wildman–Crippen MR) is 64.7 cm³/mol. The average molecular weight is 242 g/mol. The second-order valence-corrected chi connectivity index (χ2v) is 3.89. The zero-order valence-electron chi connectivity index (χ0n) is 9.50. The molecule has 1 aromatic rings. The minimum atomic E-state index is -0.170. The Morgan fingerprint density at radius 2 is 2.19 bits per heavy atom. The Morgan fingerprint density at radius 1 is 1.50 bits per heavy atom. The van der Waals surface area contributed by atoms with E-state index in [4.69, 9.17) is 16.3 Å². The van der Waals surface area contributed by atoms with E-state index in [1.54, 1.807) is 14.0 Å². The molecule has 0 spiro atoms. The number of amides is 1. The molecule has 1 N–H and O–H groups in total. The predicted octanol–water partition coefficient (Wildman–Crippen LogP) is 2.19. The topological polar surface area (TPSA) is 38.3 Å². The summed E-state index contributed by atoms with van der Waals surface area (Å²) < 4.78 is 5.19. The lowest BCUT2D eigenvalue weighted by atomic mass is 10.1. The number of carbonyl (C=O) groups excluding carboxylic acids is 1. The second kappa shape index (κ2) is 6.38. The molecule has 1 atom stereocenters. The Bertz CT molecular complexity index is 355. The molecule has 16 heavy (non-hydrogen) atoms. The van der Waals surface area contributed by atoms with Crippen LogP contribution in [0.2, 0.25) is 0 Å². The molecular formula is C12H16ClNO2. The summed E-state index contributed by atoms with van der Waals surface area (Å²) in [6.45, 7) is 2.26. The highest BCUT2D eigenvalue weighted by atomic mass is 35.5. The molecule has 0 saturated carbocycles. The van der Waals surface area contributed by atoms with E-state index < -0.39 is 0 Å². The van der Waals surface area contributed by atoms with Gasteiger partial charge in [0.05, 0.1) is 7.11 Å². The zero-order chi connectivity index (χ0) is 12.0. The van der Waals surface area contributed by atoms with Gasteiger partial charge in [-0.1, -0.05) is 25.1 Å². The van der Waals surface area contributed by atoms with Gasteiger partial charge in [0.25, 0.3) is 0 Å². The summed E-state index contributed by atoms with van der Waals surface area (Å²) in [6.07, 6.45) is 0. The number of rotatable bonds is 5. The second-order valence-electron chi connectivity index (χ2n) is 3.59. The molecule has 1 unspecified atom stereocenters. The number of carbonyl (C=O) groups is 1. The van der Waals surface area contributed by atoms with Crippen molar-refractivity contribution in [2.24, 2.45) is 5.92 Å². The number of benzene rings is 1. The van der Waals surface area contributed by atoms with Crippen LogP contribution in [-0.2, 0) is 11.3 Å². The molecule has 0 aromatic heterocycles. The quantitative estimate of drug-likeness (QED) is 0.803. The van der Waals surface area contributed by atoms with Crippen molar-refractivity contribution in [3.05, 3.63) is 29.8 Å². The van der Waals surface area contributed by atoms with Crippen molar-refractivity contribution in [1.29, 1.82) is 0 Å². The molecule has 0 aliphatic heterocycles. The third-order valence-corrected chi connectivity index (χ3v) is 2.79. The summed E-state index contributed by atoms with van der Waals surface area (Å²) in [4.78, 5) is 11.5. The van der Waals surface area contributed by atoms with Crippen LogP contribution in [0.15, 0.2) is 24.3 Å². The lowest BCUT2D eigenvalue weighted by Gasteiger charge is -2.11. The SMILES string of the molecule is COc1ccccc1CNC(=O)C(C)CCl. The van der Waals surface area contributed by atoms with E-state index in [0.717, 1.165) is 11.3 Å². The minimum Gasteiger partial charge on any atom is -0.496 e. The van der Waals surface area contributed by atoms with Gasteiger partial charge in [0, 0.05) is 23.9 Å². The first-order valence-corrected chi connectivity index (χ1v) is 5.68.